The molecule has 0 fully saturated rings. The molecule has 0 unspecified atom stereocenters. The molecule has 672 valence electrons. The Hall–Kier alpha value is -11.7. The van der Waals surface area contributed by atoms with Crippen molar-refractivity contribution in [2.24, 2.45) is 0 Å². The van der Waals surface area contributed by atoms with Gasteiger partial charge in [-0.05, 0) is 195 Å². The van der Waals surface area contributed by atoms with Crippen molar-refractivity contribution >= 4 is 0 Å². The molecule has 0 aliphatic carbocycles. The summed E-state index contributed by atoms with van der Waals surface area (Å²) in [5, 5.41) is 0. The van der Waals surface area contributed by atoms with Crippen molar-refractivity contribution in [3.8, 4) is 101 Å². The summed E-state index contributed by atoms with van der Waals surface area (Å²) in [7, 11) is 0. The van der Waals surface area contributed by atoms with Gasteiger partial charge in [-0.25, -0.2) is 0 Å². The second-order valence-electron chi connectivity index (χ2n) is 45.2. The number of hydrogen-bond donors (Lipinski definition) is 0. The Morgan fingerprint density at radius 1 is 0.231 bits per heavy atom. The van der Waals surface area contributed by atoms with Crippen LogP contribution in [0.1, 0.15) is 289 Å². The quantitative estimate of drug-likeness (QED) is 0.109. The van der Waals surface area contributed by atoms with Crippen LogP contribution in [-0.4, -0.2) is 13.7 Å². The summed E-state index contributed by atoms with van der Waals surface area (Å²) in [4.78, 5) is 0. The van der Waals surface area contributed by atoms with E-state index in [0.717, 1.165) is 17.1 Å². The van der Waals surface area contributed by atoms with Crippen LogP contribution in [0, 0.1) is 48.5 Å². The maximum absolute atomic E-state index is 8.93. The summed E-state index contributed by atoms with van der Waals surface area (Å²) in [6.45, 7) is 76.4. The van der Waals surface area contributed by atoms with Gasteiger partial charge in [0.2, 0.25) is 0 Å². The van der Waals surface area contributed by atoms with Crippen molar-refractivity contribution in [2.45, 2.75) is 284 Å². The smallest absolute Gasteiger partial charge is 0.199 e. The Labute approximate surface area is 795 Å². The third-order valence-electron chi connectivity index (χ3n) is 26.0. The molecule has 15 rings (SSSR count). The predicted molar refractivity (Wildman–Crippen MR) is 556 cm³/mol. The molecule has 6 heteroatoms. The molecule has 0 saturated heterocycles. The second kappa shape index (κ2) is 36.2. The Morgan fingerprint density at radius 3 is 0.762 bits per heavy atom. The SMILES string of the molecule is Cc1c(-n2cc[n+](-c3c(-c4cc(C(C)(C)C)cc(C(C)(C)C)c4)cccc3-c3cc(C(C)(C)C)cc(C(C)(C)C)c3)c2C)cccc1C(C)(C)C.Cc1c(-n2cc[n+](-c3c(-c4ccc(C(C)(C)C)cc4)cccc3-c3ccc(C(C)(C)C)cc3)c2C)cccc1C(C)(C)C.[2H]c1c([2H])c([2H])c(-c2cccc(-c3c([2H])c([2H])c([2H])c(C)c3[2H])c2-[n+]2ccn(-c3cccc(C(C)(C)C)c3C)c2C)c([2H])c1[2H]. The summed E-state index contributed by atoms with van der Waals surface area (Å²) in [5.74, 6) is 3.06. The zero-order chi connectivity index (χ0) is 103. The Morgan fingerprint density at radius 2 is 0.485 bits per heavy atom. The van der Waals surface area contributed by atoms with E-state index in [1.54, 1.807) is 25.1 Å². The Balaban J connectivity index is 0.000000176. The molecule has 0 atom stereocenters. The van der Waals surface area contributed by atoms with Crippen molar-refractivity contribution in [3.63, 3.8) is 0 Å². The fourth-order valence-electron chi connectivity index (χ4n) is 18.3. The zero-order valence-corrected chi connectivity index (χ0v) is 84.6. The molecule has 0 amide bonds. The van der Waals surface area contributed by atoms with Crippen molar-refractivity contribution in [2.75, 3.05) is 0 Å². The summed E-state index contributed by atoms with van der Waals surface area (Å²) in [6.07, 6.45) is 12.7. The third-order valence-corrected chi connectivity index (χ3v) is 26.0. The molecule has 12 aromatic carbocycles. The minimum atomic E-state index is -0.502. The predicted octanol–water partition coefficient (Wildman–Crippen LogP) is 32.1. The highest BCUT2D eigenvalue weighted by Crippen LogP contribution is 2.45. The summed E-state index contributed by atoms with van der Waals surface area (Å²) in [5.41, 5.74) is 33.3. The van der Waals surface area contributed by atoms with Gasteiger partial charge in [0.1, 0.15) is 71.3 Å². The lowest BCUT2D eigenvalue weighted by Crippen LogP contribution is -2.34. The molecule has 6 nitrogen and oxygen atoms in total. The van der Waals surface area contributed by atoms with Gasteiger partial charge in [0.15, 0.2) is 0 Å². The molecule has 0 aliphatic heterocycles. The molecule has 0 saturated carbocycles. The van der Waals surface area contributed by atoms with Crippen LogP contribution in [0.4, 0.5) is 0 Å². The number of rotatable bonds is 12. The molecule has 0 N–H and O–H groups in total. The van der Waals surface area contributed by atoms with Gasteiger partial charge in [0.25, 0.3) is 17.5 Å². The van der Waals surface area contributed by atoms with E-state index in [1.807, 2.05) is 40.6 Å². The van der Waals surface area contributed by atoms with Crippen LogP contribution in [0.2, 0.25) is 0 Å². The molecule has 3 heterocycles. The fourth-order valence-corrected chi connectivity index (χ4v) is 18.3. The van der Waals surface area contributed by atoms with E-state index in [4.69, 9.17) is 12.3 Å². The second-order valence-corrected chi connectivity index (χ2v) is 45.2. The van der Waals surface area contributed by atoms with Crippen LogP contribution in [-0.2, 0) is 48.7 Å². The average molecular weight is 1730 g/mol. The van der Waals surface area contributed by atoms with Gasteiger partial charge >= 0.3 is 0 Å². The highest BCUT2D eigenvalue weighted by atomic mass is 15.2. The van der Waals surface area contributed by atoms with E-state index < -0.39 is 18.1 Å². The summed E-state index contributed by atoms with van der Waals surface area (Å²) >= 11 is 0. The largest absolute Gasteiger partial charge is 0.263 e. The van der Waals surface area contributed by atoms with E-state index in [1.165, 1.54) is 140 Å². The lowest BCUT2D eigenvalue weighted by atomic mass is 9.77. The van der Waals surface area contributed by atoms with Gasteiger partial charge in [-0.1, -0.05) is 423 Å². The highest BCUT2D eigenvalue weighted by Gasteiger charge is 2.34. The molecule has 130 heavy (non-hydrogen) atoms. The molecular formula is C124H149N6+3. The first-order valence-corrected chi connectivity index (χ1v) is 46.6. The molecule has 0 spiro atoms. The van der Waals surface area contributed by atoms with Crippen molar-refractivity contribution in [1.82, 2.24) is 13.7 Å². The summed E-state index contributed by atoms with van der Waals surface area (Å²) in [6, 6.07) is 68.1. The van der Waals surface area contributed by atoms with Crippen LogP contribution in [0.15, 0.2) is 286 Å². The summed E-state index contributed by atoms with van der Waals surface area (Å²) < 4.78 is 90.3. The average Bonchev–Trinajstić information content (AvgIpc) is 0.990. The molecule has 15 aromatic rings. The zero-order valence-electron chi connectivity index (χ0n) is 93.6. The fraction of sp³-hybridized carbons (Fsp3) is 0.347. The highest BCUT2D eigenvalue weighted by molar-refractivity contribution is 5.86. The van der Waals surface area contributed by atoms with Crippen LogP contribution in [0.25, 0.3) is 101 Å². The third kappa shape index (κ3) is 20.4. The van der Waals surface area contributed by atoms with Crippen LogP contribution in [0.3, 0.4) is 0 Å². The number of imidazole rings is 3. The van der Waals surface area contributed by atoms with Gasteiger partial charge in [-0.3, -0.25) is 0 Å². The first kappa shape index (κ1) is 83.9. The number of benzene rings is 12. The first-order valence-electron chi connectivity index (χ1n) is 51.1. The minimum absolute atomic E-state index is 0.0123. The lowest BCUT2D eigenvalue weighted by molar-refractivity contribution is -0.600. The topological polar surface area (TPSA) is 26.4 Å². The van der Waals surface area contributed by atoms with Gasteiger partial charge in [0, 0.05) is 54.2 Å². The van der Waals surface area contributed by atoms with Crippen LogP contribution >= 0.6 is 0 Å². The normalized spacial score (nSPS) is 13.5. The maximum atomic E-state index is 8.93. The maximum Gasteiger partial charge on any atom is 0.263 e. The minimum Gasteiger partial charge on any atom is -0.199 e. The van der Waals surface area contributed by atoms with Gasteiger partial charge < -0.3 is 0 Å². The molecule has 0 radical (unpaired) electrons. The number of nitrogens with zero attached hydrogens (tertiary/aromatic N) is 6. The number of para-hydroxylation sites is 3. The monoisotopic (exact) mass is 1730 g/mol. The van der Waals surface area contributed by atoms with E-state index in [-0.39, 0.29) is 102 Å². The van der Waals surface area contributed by atoms with Gasteiger partial charge in [-0.15, -0.1) is 0 Å². The van der Waals surface area contributed by atoms with Gasteiger partial charge in [0.05, 0.1) is 12.3 Å². The van der Waals surface area contributed by atoms with E-state index in [0.29, 0.717) is 16.8 Å². The van der Waals surface area contributed by atoms with Crippen LogP contribution < -0.4 is 13.7 Å². The molecule has 0 aliphatic rings. The first-order chi connectivity index (χ1) is 64.3. The Bertz CT molecular complexity index is 6820. The van der Waals surface area contributed by atoms with E-state index in [9.17, 15) is 0 Å². The van der Waals surface area contributed by atoms with Crippen LogP contribution in [0.5, 0.6) is 0 Å². The molecule has 3 aromatic heterocycles. The van der Waals surface area contributed by atoms with Gasteiger partial charge in [-0.2, -0.15) is 27.4 Å². The number of aromatic nitrogens is 6. The molecular weight excluding hydrogens is 1570 g/mol. The van der Waals surface area contributed by atoms with Crippen molar-refractivity contribution in [1.29, 1.82) is 0 Å². The van der Waals surface area contributed by atoms with E-state index in [2.05, 4.69) is 428 Å². The number of hydrogen-bond acceptors (Lipinski definition) is 0. The Kier molecular flexibility index (Phi) is 23.4. The standard InChI is InChI=1S/C49H65N2.C41H49N2.C34H35N2/c1-32-42(49(15,16)17)22-19-23-43(32)50-24-25-51(33(50)2)44-40(34-26-36(45(3,4)5)30-37(27-34)46(6,7)8)20-18-21-41(44)35-28-38(47(9,10)11)31-39(29-35)48(12,13)14;1-28-36(41(9,10)11)16-13-17-37(28)42-26-27-43(29(42)2)38-34(30-18-22-32(23-19-30)39(3,4)5)14-12-15-35(38)31-20-24-33(25-21-31)40(6,7)8;1-24-13-10-16-28(23-24)30-18-11-17-29(27-14-8-7-9-15-27)33(30)36-22-21-35(26(36)3)32-20-12-19-31(25(32)2)34(4,5)6/h18-31H,1-17H3;12-27H,1-11H3;7-23H,1-6H3/q3*+1/i;;7D,8D,9D,10D,13D,14D,15D,16D,23D. The lowest BCUT2D eigenvalue weighted by Gasteiger charge is -2.27. The van der Waals surface area contributed by atoms with Crippen molar-refractivity contribution in [3.05, 3.63) is 375 Å². The molecule has 0 bridgehead atoms. The van der Waals surface area contributed by atoms with E-state index >= 15 is 0 Å². The van der Waals surface area contributed by atoms with Crippen molar-refractivity contribution < 1.29 is 26.0 Å².